The van der Waals surface area contributed by atoms with Crippen LogP contribution in [0.2, 0.25) is 0 Å². The van der Waals surface area contributed by atoms with Crippen molar-refractivity contribution in [1.29, 1.82) is 0 Å². The zero-order valence-corrected chi connectivity index (χ0v) is 18.2. The third-order valence-electron chi connectivity index (χ3n) is 4.74. The minimum atomic E-state index is -3.65. The lowest BCUT2D eigenvalue weighted by molar-refractivity contribution is 0.102. The zero-order valence-electron chi connectivity index (χ0n) is 17.4. The van der Waals surface area contributed by atoms with Crippen LogP contribution in [0.3, 0.4) is 0 Å². The Balaban J connectivity index is 1.82. The Morgan fingerprint density at radius 1 is 1.13 bits per heavy atom. The Hall–Kier alpha value is -3.04. The topological polar surface area (TPSA) is 93.1 Å². The number of hydrogen-bond acceptors (Lipinski definition) is 4. The van der Waals surface area contributed by atoms with E-state index in [1.54, 1.807) is 28.9 Å². The Morgan fingerprint density at radius 2 is 1.87 bits per heavy atom. The van der Waals surface area contributed by atoms with Crippen LogP contribution in [0, 0.1) is 5.82 Å². The van der Waals surface area contributed by atoms with Crippen molar-refractivity contribution in [3.8, 4) is 5.69 Å². The molecule has 31 heavy (non-hydrogen) atoms. The summed E-state index contributed by atoms with van der Waals surface area (Å²) in [4.78, 5) is 13.0. The lowest BCUT2D eigenvalue weighted by atomic mass is 10.2. The van der Waals surface area contributed by atoms with Crippen LogP contribution in [-0.4, -0.2) is 30.7 Å². The molecule has 3 aromatic rings. The van der Waals surface area contributed by atoms with Crippen LogP contribution in [0.1, 0.15) is 42.7 Å². The van der Waals surface area contributed by atoms with E-state index < -0.39 is 15.9 Å². The maximum Gasteiger partial charge on any atom is 0.259 e. The fraction of sp³-hybridized carbons (Fsp3) is 0.273. The summed E-state index contributed by atoms with van der Waals surface area (Å²) in [6, 6.07) is 11.9. The third-order valence-corrected chi connectivity index (χ3v) is 6.20. The van der Waals surface area contributed by atoms with Gasteiger partial charge >= 0.3 is 0 Å². The van der Waals surface area contributed by atoms with Gasteiger partial charge in [-0.1, -0.05) is 26.3 Å². The monoisotopic (exact) mass is 444 g/mol. The molecule has 0 unspecified atom stereocenters. The fourth-order valence-corrected chi connectivity index (χ4v) is 4.23. The maximum atomic E-state index is 13.2. The van der Waals surface area contributed by atoms with Crippen molar-refractivity contribution in [3.63, 3.8) is 0 Å². The van der Waals surface area contributed by atoms with Crippen LogP contribution < -0.4 is 10.0 Å². The van der Waals surface area contributed by atoms with Gasteiger partial charge in [0.1, 0.15) is 5.82 Å². The third kappa shape index (κ3) is 5.36. The lowest BCUT2D eigenvalue weighted by Crippen LogP contribution is -2.24. The molecule has 2 N–H and O–H groups in total. The largest absolute Gasteiger partial charge is 0.322 e. The normalized spacial score (nSPS) is 11.5. The van der Waals surface area contributed by atoms with E-state index in [9.17, 15) is 17.6 Å². The van der Waals surface area contributed by atoms with Crippen molar-refractivity contribution in [2.24, 2.45) is 0 Å². The molecule has 2 aromatic carbocycles. The van der Waals surface area contributed by atoms with Gasteiger partial charge in [-0.25, -0.2) is 22.2 Å². The summed E-state index contributed by atoms with van der Waals surface area (Å²) < 4.78 is 42.2. The number of nitrogens with zero attached hydrogens (tertiary/aromatic N) is 2. The zero-order chi connectivity index (χ0) is 22.4. The van der Waals surface area contributed by atoms with Gasteiger partial charge in [0.2, 0.25) is 10.0 Å². The number of nitrogens with one attached hydrogen (secondary N) is 2. The summed E-state index contributed by atoms with van der Waals surface area (Å²) in [7, 11) is -3.65. The molecule has 0 saturated heterocycles. The Labute approximate surface area is 181 Å². The Kier molecular flexibility index (Phi) is 7.19. The van der Waals surface area contributed by atoms with Gasteiger partial charge in [0.25, 0.3) is 5.91 Å². The molecular formula is C22H25FN4O3S. The molecule has 3 rings (SSSR count). The SMILES string of the molecule is CCCCNS(=O)(=O)c1cccc(NC(=O)c2cnn(-c3ccc(F)cc3)c2CC)c1. The minimum Gasteiger partial charge on any atom is -0.322 e. The molecule has 164 valence electrons. The highest BCUT2D eigenvalue weighted by Gasteiger charge is 2.19. The molecule has 0 atom stereocenters. The van der Waals surface area contributed by atoms with Crippen molar-refractivity contribution in [2.45, 2.75) is 38.0 Å². The predicted molar refractivity (Wildman–Crippen MR) is 117 cm³/mol. The second kappa shape index (κ2) is 9.84. The van der Waals surface area contributed by atoms with Crippen molar-refractivity contribution >= 4 is 21.6 Å². The molecule has 0 spiro atoms. The fourth-order valence-electron chi connectivity index (χ4n) is 3.11. The van der Waals surface area contributed by atoms with Crippen LogP contribution >= 0.6 is 0 Å². The number of hydrogen-bond donors (Lipinski definition) is 2. The quantitative estimate of drug-likeness (QED) is 0.490. The summed E-state index contributed by atoms with van der Waals surface area (Å²) in [6.07, 6.45) is 3.60. The molecule has 0 saturated carbocycles. The standard InChI is InChI=1S/C22H25FN4O3S/c1-3-5-13-25-31(29,30)19-8-6-7-17(14-19)26-22(28)20-15-24-27(21(20)4-2)18-11-9-16(23)10-12-18/h6-12,14-15,25H,3-5,13H2,1-2H3,(H,26,28). The lowest BCUT2D eigenvalue weighted by Gasteiger charge is -2.10. The van der Waals surface area contributed by atoms with E-state index in [-0.39, 0.29) is 10.7 Å². The highest BCUT2D eigenvalue weighted by atomic mass is 32.2. The van der Waals surface area contributed by atoms with Gasteiger partial charge < -0.3 is 5.32 Å². The first-order valence-corrected chi connectivity index (χ1v) is 11.6. The van der Waals surface area contributed by atoms with E-state index in [1.807, 2.05) is 13.8 Å². The van der Waals surface area contributed by atoms with E-state index in [0.717, 1.165) is 12.8 Å². The highest BCUT2D eigenvalue weighted by Crippen LogP contribution is 2.20. The molecule has 1 aromatic heterocycles. The van der Waals surface area contributed by atoms with Crippen LogP contribution in [0.25, 0.3) is 5.69 Å². The molecule has 1 amide bonds. The molecule has 0 aliphatic rings. The molecule has 0 aliphatic carbocycles. The number of rotatable bonds is 9. The van der Waals surface area contributed by atoms with Gasteiger partial charge in [0.15, 0.2) is 0 Å². The number of unbranched alkanes of at least 4 members (excludes halogenated alkanes) is 1. The smallest absolute Gasteiger partial charge is 0.259 e. The maximum absolute atomic E-state index is 13.2. The second-order valence-electron chi connectivity index (χ2n) is 6.98. The van der Waals surface area contributed by atoms with Crippen LogP contribution in [0.4, 0.5) is 10.1 Å². The van der Waals surface area contributed by atoms with E-state index in [2.05, 4.69) is 15.1 Å². The van der Waals surface area contributed by atoms with Crippen molar-refractivity contribution in [2.75, 3.05) is 11.9 Å². The molecule has 0 aliphatic heterocycles. The van der Waals surface area contributed by atoms with E-state index in [0.29, 0.717) is 35.6 Å². The first kappa shape index (κ1) is 22.6. The van der Waals surface area contributed by atoms with Crippen molar-refractivity contribution < 1.29 is 17.6 Å². The van der Waals surface area contributed by atoms with Crippen LogP contribution in [-0.2, 0) is 16.4 Å². The molecule has 9 heteroatoms. The van der Waals surface area contributed by atoms with E-state index >= 15 is 0 Å². The number of amides is 1. The average Bonchev–Trinajstić information content (AvgIpc) is 3.19. The summed E-state index contributed by atoms with van der Waals surface area (Å²) >= 11 is 0. The molecule has 1 heterocycles. The first-order chi connectivity index (χ1) is 14.9. The summed E-state index contributed by atoms with van der Waals surface area (Å²) in [5.74, 6) is -0.760. The average molecular weight is 445 g/mol. The van der Waals surface area contributed by atoms with E-state index in [4.69, 9.17) is 0 Å². The molecule has 0 radical (unpaired) electrons. The van der Waals surface area contributed by atoms with Crippen LogP contribution in [0.5, 0.6) is 0 Å². The Bertz CT molecular complexity index is 1160. The minimum absolute atomic E-state index is 0.0825. The van der Waals surface area contributed by atoms with Gasteiger partial charge in [-0.3, -0.25) is 4.79 Å². The number of carbonyl (C=O) groups is 1. The van der Waals surface area contributed by atoms with Gasteiger partial charge in [0.05, 0.1) is 28.0 Å². The number of halogens is 1. The number of carbonyl (C=O) groups excluding carboxylic acids is 1. The number of benzene rings is 2. The van der Waals surface area contributed by atoms with E-state index in [1.165, 1.54) is 30.5 Å². The summed E-state index contributed by atoms with van der Waals surface area (Å²) in [6.45, 7) is 4.23. The van der Waals surface area contributed by atoms with Gasteiger partial charge in [0, 0.05) is 12.2 Å². The Morgan fingerprint density at radius 3 is 2.55 bits per heavy atom. The number of aromatic nitrogens is 2. The molecule has 0 bridgehead atoms. The van der Waals surface area contributed by atoms with Gasteiger partial charge in [-0.15, -0.1) is 0 Å². The van der Waals surface area contributed by atoms with Crippen molar-refractivity contribution in [1.82, 2.24) is 14.5 Å². The van der Waals surface area contributed by atoms with Gasteiger partial charge in [-0.05, 0) is 55.3 Å². The molecule has 7 nitrogen and oxygen atoms in total. The second-order valence-corrected chi connectivity index (χ2v) is 8.75. The van der Waals surface area contributed by atoms with Crippen molar-refractivity contribution in [3.05, 3.63) is 71.8 Å². The predicted octanol–water partition coefficient (Wildman–Crippen LogP) is 3.90. The van der Waals surface area contributed by atoms with Crippen LogP contribution in [0.15, 0.2) is 59.6 Å². The molecule has 0 fully saturated rings. The highest BCUT2D eigenvalue weighted by molar-refractivity contribution is 7.89. The number of anilines is 1. The van der Waals surface area contributed by atoms with Gasteiger partial charge in [-0.2, -0.15) is 5.10 Å². The summed E-state index contributed by atoms with van der Waals surface area (Å²) in [5, 5.41) is 7.02. The first-order valence-electron chi connectivity index (χ1n) is 10.1. The number of sulfonamides is 1. The molecular weight excluding hydrogens is 419 g/mol. The summed E-state index contributed by atoms with van der Waals surface area (Å²) in [5.41, 5.74) is 2.03.